The Morgan fingerprint density at radius 2 is 2.21 bits per heavy atom. The third-order valence-electron chi connectivity index (χ3n) is 2.01. The van der Waals surface area contributed by atoms with Gasteiger partial charge >= 0.3 is 0 Å². The van der Waals surface area contributed by atoms with Gasteiger partial charge in [0.15, 0.2) is 11.4 Å². The van der Waals surface area contributed by atoms with Gasteiger partial charge in [0.1, 0.15) is 10.7 Å². The average Bonchev–Trinajstić information content (AvgIpc) is 2.09. The molecule has 1 amide bonds. The van der Waals surface area contributed by atoms with Crippen molar-refractivity contribution in [3.63, 3.8) is 0 Å². The number of amides is 1. The van der Waals surface area contributed by atoms with Crippen molar-refractivity contribution < 1.29 is 9.53 Å². The van der Waals surface area contributed by atoms with Crippen LogP contribution in [0, 0.1) is 0 Å². The van der Waals surface area contributed by atoms with Crippen molar-refractivity contribution in [2.45, 2.75) is 19.4 Å². The van der Waals surface area contributed by atoms with Gasteiger partial charge in [-0.05, 0) is 13.8 Å². The minimum atomic E-state index is -0.891. The fourth-order valence-corrected chi connectivity index (χ4v) is 1.39. The first kappa shape index (κ1) is 9.27. The normalized spacial score (nSPS) is 18.1. The van der Waals surface area contributed by atoms with E-state index < -0.39 is 5.60 Å². The third kappa shape index (κ3) is 1.32. The lowest BCUT2D eigenvalue weighted by atomic mass is 10.1. The van der Waals surface area contributed by atoms with Gasteiger partial charge in [0.2, 0.25) is 0 Å². The highest BCUT2D eigenvalue weighted by Gasteiger charge is 2.36. The Labute approximate surface area is 86.2 Å². The van der Waals surface area contributed by atoms with Crippen LogP contribution in [-0.2, 0) is 4.79 Å². The quantitative estimate of drug-likeness (QED) is 0.714. The van der Waals surface area contributed by atoms with E-state index in [0.717, 1.165) is 0 Å². The molecule has 0 saturated carbocycles. The first-order valence-corrected chi connectivity index (χ1v) is 4.52. The number of carbonyl (C=O) groups excluding carboxylic acids is 1. The highest BCUT2D eigenvalue weighted by molar-refractivity contribution is 6.32. The van der Waals surface area contributed by atoms with Crippen LogP contribution in [0.25, 0.3) is 0 Å². The van der Waals surface area contributed by atoms with E-state index in [1.807, 2.05) is 0 Å². The maximum atomic E-state index is 11.5. The van der Waals surface area contributed by atoms with Gasteiger partial charge < -0.3 is 10.1 Å². The Morgan fingerprint density at radius 1 is 1.50 bits per heavy atom. The first-order valence-electron chi connectivity index (χ1n) is 4.15. The molecule has 0 saturated heterocycles. The number of halogens is 1. The summed E-state index contributed by atoms with van der Waals surface area (Å²) in [5, 5.41) is 3.08. The number of aromatic nitrogens is 1. The summed E-state index contributed by atoms with van der Waals surface area (Å²) in [5.41, 5.74) is -0.375. The van der Waals surface area contributed by atoms with E-state index in [0.29, 0.717) is 16.5 Å². The van der Waals surface area contributed by atoms with Gasteiger partial charge in [0.25, 0.3) is 5.91 Å². The number of rotatable bonds is 0. The standard InChI is InChI=1S/C9H9ClN2O2/c1-9(2)8(13)12-6-4-11-3-5(10)7(6)14-9/h3-4H,1-2H3,(H,12,13). The van der Waals surface area contributed by atoms with Gasteiger partial charge in [-0.25, -0.2) is 0 Å². The number of ether oxygens (including phenoxy) is 1. The molecule has 14 heavy (non-hydrogen) atoms. The monoisotopic (exact) mass is 212 g/mol. The zero-order valence-corrected chi connectivity index (χ0v) is 8.55. The number of carbonyl (C=O) groups is 1. The molecule has 1 aliphatic heterocycles. The minimum Gasteiger partial charge on any atom is -0.474 e. The fourth-order valence-electron chi connectivity index (χ4n) is 1.19. The maximum absolute atomic E-state index is 11.5. The zero-order valence-electron chi connectivity index (χ0n) is 7.80. The molecule has 0 aliphatic carbocycles. The topological polar surface area (TPSA) is 51.2 Å². The number of fused-ring (bicyclic) bond motifs is 1. The van der Waals surface area contributed by atoms with Crippen molar-refractivity contribution in [1.82, 2.24) is 4.98 Å². The van der Waals surface area contributed by atoms with Gasteiger partial charge in [-0.15, -0.1) is 0 Å². The van der Waals surface area contributed by atoms with Crippen molar-refractivity contribution in [3.05, 3.63) is 17.4 Å². The Hall–Kier alpha value is -1.29. The molecule has 1 N–H and O–H groups in total. The third-order valence-corrected chi connectivity index (χ3v) is 2.27. The molecule has 2 heterocycles. The van der Waals surface area contributed by atoms with Gasteiger partial charge in [0.05, 0.1) is 6.20 Å². The van der Waals surface area contributed by atoms with Crippen LogP contribution >= 0.6 is 11.6 Å². The molecule has 0 bridgehead atoms. The van der Waals surface area contributed by atoms with E-state index in [1.54, 1.807) is 13.8 Å². The van der Waals surface area contributed by atoms with E-state index in [1.165, 1.54) is 12.4 Å². The van der Waals surface area contributed by atoms with E-state index in [-0.39, 0.29) is 5.91 Å². The number of hydrogen-bond donors (Lipinski definition) is 1. The maximum Gasteiger partial charge on any atom is 0.268 e. The molecular formula is C9H9ClN2O2. The van der Waals surface area contributed by atoms with Gasteiger partial charge in [-0.1, -0.05) is 11.6 Å². The zero-order chi connectivity index (χ0) is 10.3. The Kier molecular flexibility index (Phi) is 1.89. The van der Waals surface area contributed by atoms with Crippen LogP contribution in [0.4, 0.5) is 5.69 Å². The second kappa shape index (κ2) is 2.85. The van der Waals surface area contributed by atoms with Crippen molar-refractivity contribution in [2.24, 2.45) is 0 Å². The van der Waals surface area contributed by atoms with Crippen molar-refractivity contribution in [3.8, 4) is 5.75 Å². The van der Waals surface area contributed by atoms with Gasteiger partial charge in [-0.2, -0.15) is 0 Å². The lowest BCUT2D eigenvalue weighted by molar-refractivity contribution is -0.129. The van der Waals surface area contributed by atoms with Crippen LogP contribution < -0.4 is 10.1 Å². The Bertz CT molecular complexity index is 404. The summed E-state index contributed by atoms with van der Waals surface area (Å²) in [6.07, 6.45) is 2.99. The van der Waals surface area contributed by atoms with E-state index >= 15 is 0 Å². The van der Waals surface area contributed by atoms with Crippen LogP contribution in [0.5, 0.6) is 5.75 Å². The SMILES string of the molecule is CC1(C)Oc2c(Cl)cncc2NC1=O. The van der Waals surface area contributed by atoms with Crippen molar-refractivity contribution in [2.75, 3.05) is 5.32 Å². The number of nitrogens with zero attached hydrogens (tertiary/aromatic N) is 1. The van der Waals surface area contributed by atoms with E-state index in [9.17, 15) is 4.79 Å². The molecule has 0 aromatic carbocycles. The number of pyridine rings is 1. The summed E-state index contributed by atoms with van der Waals surface area (Å²) >= 11 is 5.88. The van der Waals surface area contributed by atoms with Crippen molar-refractivity contribution in [1.29, 1.82) is 0 Å². The van der Waals surface area contributed by atoms with Crippen LogP contribution in [0.15, 0.2) is 12.4 Å². The van der Waals surface area contributed by atoms with Crippen LogP contribution in [0.1, 0.15) is 13.8 Å². The molecule has 1 aromatic rings. The van der Waals surface area contributed by atoms with Crippen molar-refractivity contribution >= 4 is 23.2 Å². The average molecular weight is 213 g/mol. The summed E-state index contributed by atoms with van der Waals surface area (Å²) in [6.45, 7) is 3.37. The number of anilines is 1. The molecule has 2 rings (SSSR count). The highest BCUT2D eigenvalue weighted by Crippen LogP contribution is 2.38. The largest absolute Gasteiger partial charge is 0.474 e. The predicted octanol–water partition coefficient (Wildman–Crippen LogP) is 1.84. The molecule has 1 aromatic heterocycles. The second-order valence-electron chi connectivity index (χ2n) is 3.56. The number of nitrogens with one attached hydrogen (secondary N) is 1. The molecule has 0 unspecified atom stereocenters. The molecule has 5 heteroatoms. The minimum absolute atomic E-state index is 0.200. The molecule has 0 spiro atoms. The predicted molar refractivity (Wildman–Crippen MR) is 52.6 cm³/mol. The molecule has 0 atom stereocenters. The lowest BCUT2D eigenvalue weighted by Crippen LogP contribution is -2.45. The molecule has 0 fully saturated rings. The molecule has 1 aliphatic rings. The molecule has 4 nitrogen and oxygen atoms in total. The molecule has 0 radical (unpaired) electrons. The first-order chi connectivity index (χ1) is 6.50. The molecular weight excluding hydrogens is 204 g/mol. The van der Waals surface area contributed by atoms with Gasteiger partial charge in [-0.3, -0.25) is 9.78 Å². The summed E-state index contributed by atoms with van der Waals surface area (Å²) in [5.74, 6) is 0.278. The Balaban J connectivity index is 2.51. The molecule has 74 valence electrons. The number of hydrogen-bond acceptors (Lipinski definition) is 3. The van der Waals surface area contributed by atoms with Crippen LogP contribution in [-0.4, -0.2) is 16.5 Å². The van der Waals surface area contributed by atoms with E-state index in [2.05, 4.69) is 10.3 Å². The summed E-state index contributed by atoms with van der Waals surface area (Å²) < 4.78 is 5.48. The highest BCUT2D eigenvalue weighted by atomic mass is 35.5. The Morgan fingerprint density at radius 3 is 2.93 bits per heavy atom. The van der Waals surface area contributed by atoms with Crippen LogP contribution in [0.2, 0.25) is 5.02 Å². The lowest BCUT2D eigenvalue weighted by Gasteiger charge is -2.31. The summed E-state index contributed by atoms with van der Waals surface area (Å²) in [4.78, 5) is 15.3. The smallest absolute Gasteiger partial charge is 0.268 e. The van der Waals surface area contributed by atoms with Gasteiger partial charge in [0, 0.05) is 6.20 Å². The fraction of sp³-hybridized carbons (Fsp3) is 0.333. The second-order valence-corrected chi connectivity index (χ2v) is 3.97. The summed E-state index contributed by atoms with van der Waals surface area (Å²) in [6, 6.07) is 0. The van der Waals surface area contributed by atoms with E-state index in [4.69, 9.17) is 16.3 Å². The summed E-state index contributed by atoms with van der Waals surface area (Å²) in [7, 11) is 0. The van der Waals surface area contributed by atoms with Crippen LogP contribution in [0.3, 0.4) is 0 Å².